The number of aliphatic hydroxyl groups is 1. The number of carbonyl (C=O) groups excluding carboxylic acids is 1. The minimum atomic E-state index is -0.563. The summed E-state index contributed by atoms with van der Waals surface area (Å²) in [6.07, 6.45) is 3.91. The van der Waals surface area contributed by atoms with Crippen LogP contribution in [0.2, 0.25) is 0 Å². The Labute approximate surface area is 173 Å². The van der Waals surface area contributed by atoms with Gasteiger partial charge in [-0.3, -0.25) is 4.79 Å². The number of Topliss-reactive ketones (excluding diaryl/α,β-unsaturated/α-hetero) is 1. The highest BCUT2D eigenvalue weighted by atomic mass is 35.5. The first-order chi connectivity index (χ1) is 12.2. The number of benzene rings is 1. The van der Waals surface area contributed by atoms with Crippen molar-refractivity contribution >= 4 is 29.5 Å². The van der Waals surface area contributed by atoms with Gasteiger partial charge in [0, 0.05) is 16.8 Å². The van der Waals surface area contributed by atoms with Gasteiger partial charge in [-0.2, -0.15) is 0 Å². The van der Waals surface area contributed by atoms with E-state index in [9.17, 15) is 9.90 Å². The second kappa shape index (κ2) is 10.4. The Balaban J connectivity index is 0.00000364. The molecule has 0 aliphatic carbocycles. The summed E-state index contributed by atoms with van der Waals surface area (Å²) in [6, 6.07) is 8.54. The van der Waals surface area contributed by atoms with Crippen molar-refractivity contribution in [1.29, 1.82) is 0 Å². The lowest BCUT2D eigenvalue weighted by atomic mass is 9.97. The van der Waals surface area contributed by atoms with Crippen LogP contribution >= 0.6 is 23.7 Å². The number of thiophene rings is 1. The van der Waals surface area contributed by atoms with Crippen molar-refractivity contribution < 1.29 is 9.90 Å². The van der Waals surface area contributed by atoms with Crippen molar-refractivity contribution in [2.45, 2.75) is 65.3 Å². The third-order valence-corrected chi connectivity index (χ3v) is 6.36. The van der Waals surface area contributed by atoms with Gasteiger partial charge in [0.1, 0.15) is 0 Å². The third-order valence-electron chi connectivity index (χ3n) is 5.02. The van der Waals surface area contributed by atoms with Crippen LogP contribution in [0.15, 0.2) is 24.3 Å². The van der Waals surface area contributed by atoms with Crippen LogP contribution in [0.4, 0.5) is 0 Å². The minimum Gasteiger partial charge on any atom is -0.394 e. The Bertz CT molecular complexity index is 768. The summed E-state index contributed by atoms with van der Waals surface area (Å²) in [6.45, 7) is 8.12. The number of rotatable bonds is 9. The van der Waals surface area contributed by atoms with E-state index in [2.05, 4.69) is 32.0 Å². The fourth-order valence-corrected chi connectivity index (χ4v) is 4.06. The van der Waals surface area contributed by atoms with E-state index < -0.39 is 5.54 Å². The van der Waals surface area contributed by atoms with E-state index in [1.54, 1.807) is 11.3 Å². The topological polar surface area (TPSA) is 63.3 Å². The lowest BCUT2D eigenvalue weighted by Crippen LogP contribution is -2.40. The maximum absolute atomic E-state index is 12.5. The maximum atomic E-state index is 12.5. The van der Waals surface area contributed by atoms with Crippen molar-refractivity contribution in [1.82, 2.24) is 0 Å². The van der Waals surface area contributed by atoms with Crippen molar-refractivity contribution in [2.24, 2.45) is 5.73 Å². The molecule has 1 aromatic carbocycles. The lowest BCUT2D eigenvalue weighted by Gasteiger charge is -2.21. The average Bonchev–Trinajstić information content (AvgIpc) is 2.97. The van der Waals surface area contributed by atoms with Crippen molar-refractivity contribution in [3.63, 3.8) is 0 Å². The number of aryl methyl sites for hydroxylation is 5. The van der Waals surface area contributed by atoms with Crippen LogP contribution in [-0.4, -0.2) is 23.0 Å². The fraction of sp³-hybridized carbons (Fsp3) is 0.500. The number of carbonyl (C=O) groups is 1. The number of hydrogen-bond acceptors (Lipinski definition) is 4. The van der Waals surface area contributed by atoms with Crippen LogP contribution in [0.3, 0.4) is 0 Å². The molecule has 0 saturated heterocycles. The summed E-state index contributed by atoms with van der Waals surface area (Å²) in [5.74, 6) is 0.228. The molecular formula is C22H32ClNO2S. The predicted molar refractivity (Wildman–Crippen MR) is 117 cm³/mol. The van der Waals surface area contributed by atoms with Crippen LogP contribution in [0, 0.1) is 20.8 Å². The molecule has 0 bridgehead atoms. The molecule has 0 fully saturated rings. The van der Waals surface area contributed by atoms with Gasteiger partial charge in [0.05, 0.1) is 11.5 Å². The monoisotopic (exact) mass is 409 g/mol. The molecule has 0 unspecified atom stereocenters. The van der Waals surface area contributed by atoms with Gasteiger partial charge in [0.25, 0.3) is 0 Å². The highest BCUT2D eigenvalue weighted by Crippen LogP contribution is 2.26. The van der Waals surface area contributed by atoms with E-state index in [0.29, 0.717) is 12.8 Å². The van der Waals surface area contributed by atoms with Crippen LogP contribution in [0.25, 0.3) is 0 Å². The average molecular weight is 410 g/mol. The number of hydrogen-bond donors (Lipinski definition) is 2. The molecule has 0 aliphatic rings. The molecule has 27 heavy (non-hydrogen) atoms. The Kier molecular flexibility index (Phi) is 9.16. The summed E-state index contributed by atoms with van der Waals surface area (Å²) in [5.41, 5.74) is 10.5. The second-order valence-corrected chi connectivity index (χ2v) is 8.86. The molecule has 2 rings (SSSR count). The smallest absolute Gasteiger partial charge is 0.172 e. The summed E-state index contributed by atoms with van der Waals surface area (Å²) in [7, 11) is 0. The molecule has 5 heteroatoms. The van der Waals surface area contributed by atoms with Crippen LogP contribution in [0.5, 0.6) is 0 Å². The number of ketones is 1. The first kappa shape index (κ1) is 23.8. The molecule has 1 aromatic heterocycles. The molecule has 1 heterocycles. The molecule has 0 radical (unpaired) electrons. The van der Waals surface area contributed by atoms with E-state index >= 15 is 0 Å². The molecule has 0 saturated carbocycles. The van der Waals surface area contributed by atoms with E-state index in [0.717, 1.165) is 29.7 Å². The zero-order valence-electron chi connectivity index (χ0n) is 16.8. The lowest BCUT2D eigenvalue weighted by molar-refractivity contribution is 0.0984. The van der Waals surface area contributed by atoms with Crippen molar-refractivity contribution in [3.05, 3.63) is 56.3 Å². The van der Waals surface area contributed by atoms with Gasteiger partial charge in [0.2, 0.25) is 0 Å². The van der Waals surface area contributed by atoms with Gasteiger partial charge in [0.15, 0.2) is 5.78 Å². The van der Waals surface area contributed by atoms with Crippen LogP contribution in [0.1, 0.15) is 63.0 Å². The standard InChI is InChI=1S/C22H31NO2S.ClH/c1-15-8-9-18(12-16(15)2)6-5-7-19(25)21-13-17(3)20(26-21)10-11-22(4,23)14-24;/h8-9,12-13,24H,5-7,10-11,14,23H2,1-4H3;1H/t22-;/m1./s1. The number of aliphatic hydroxyl groups excluding tert-OH is 1. The Morgan fingerprint density at radius 2 is 1.81 bits per heavy atom. The third kappa shape index (κ3) is 7.04. The number of halogens is 1. The largest absolute Gasteiger partial charge is 0.394 e. The SMILES string of the molecule is Cc1ccc(CCCC(=O)c2cc(C)c(CC[C@@](C)(N)CO)s2)cc1C.Cl. The maximum Gasteiger partial charge on any atom is 0.172 e. The highest BCUT2D eigenvalue weighted by molar-refractivity contribution is 7.14. The zero-order valence-corrected chi connectivity index (χ0v) is 18.4. The Hall–Kier alpha value is -1.20. The molecule has 0 amide bonds. The summed E-state index contributed by atoms with van der Waals surface area (Å²) < 4.78 is 0. The first-order valence-corrected chi connectivity index (χ1v) is 10.1. The van der Waals surface area contributed by atoms with E-state index in [4.69, 9.17) is 5.73 Å². The second-order valence-electron chi connectivity index (χ2n) is 7.72. The van der Waals surface area contributed by atoms with Crippen LogP contribution < -0.4 is 5.73 Å². The molecule has 0 aliphatic heterocycles. The van der Waals surface area contributed by atoms with Gasteiger partial charge >= 0.3 is 0 Å². The first-order valence-electron chi connectivity index (χ1n) is 9.30. The van der Waals surface area contributed by atoms with Gasteiger partial charge < -0.3 is 10.8 Å². The Morgan fingerprint density at radius 1 is 1.11 bits per heavy atom. The highest BCUT2D eigenvalue weighted by Gasteiger charge is 2.19. The zero-order chi connectivity index (χ0) is 19.3. The summed E-state index contributed by atoms with van der Waals surface area (Å²) in [4.78, 5) is 14.6. The number of nitrogens with two attached hydrogens (primary N) is 1. The predicted octanol–water partition coefficient (Wildman–Crippen LogP) is 4.94. The molecule has 150 valence electrons. The van der Waals surface area contributed by atoms with E-state index in [1.807, 2.05) is 19.9 Å². The molecule has 3 nitrogen and oxygen atoms in total. The summed E-state index contributed by atoms with van der Waals surface area (Å²) >= 11 is 1.58. The van der Waals surface area contributed by atoms with Gasteiger partial charge in [-0.15, -0.1) is 23.7 Å². The van der Waals surface area contributed by atoms with Gasteiger partial charge in [-0.25, -0.2) is 0 Å². The fourth-order valence-electron chi connectivity index (χ4n) is 2.92. The van der Waals surface area contributed by atoms with Gasteiger partial charge in [-0.05, 0) is 81.7 Å². The van der Waals surface area contributed by atoms with E-state index in [1.165, 1.54) is 21.6 Å². The van der Waals surface area contributed by atoms with Crippen molar-refractivity contribution in [2.75, 3.05) is 6.61 Å². The minimum absolute atomic E-state index is 0. The molecule has 0 spiro atoms. The van der Waals surface area contributed by atoms with Crippen LogP contribution in [-0.2, 0) is 12.8 Å². The molecule has 3 N–H and O–H groups in total. The molecular weight excluding hydrogens is 378 g/mol. The van der Waals surface area contributed by atoms with Gasteiger partial charge in [-0.1, -0.05) is 18.2 Å². The molecule has 2 aromatic rings. The normalized spacial score (nSPS) is 13.1. The quantitative estimate of drug-likeness (QED) is 0.576. The molecule has 1 atom stereocenters. The Morgan fingerprint density at radius 3 is 2.44 bits per heavy atom. The summed E-state index contributed by atoms with van der Waals surface area (Å²) in [5, 5.41) is 9.28. The van der Waals surface area contributed by atoms with E-state index in [-0.39, 0.29) is 24.8 Å². The van der Waals surface area contributed by atoms with Crippen molar-refractivity contribution in [3.8, 4) is 0 Å².